The second-order valence-electron chi connectivity index (χ2n) is 3.45. The minimum atomic E-state index is -0.0269. The lowest BCUT2D eigenvalue weighted by Gasteiger charge is -2.08. The molecule has 0 spiro atoms. The fourth-order valence-electron chi connectivity index (χ4n) is 1.30. The predicted octanol–water partition coefficient (Wildman–Crippen LogP) is 3.15. The molecule has 1 rings (SSSR count). The summed E-state index contributed by atoms with van der Waals surface area (Å²) in [5.41, 5.74) is 5.92. The fraction of sp³-hybridized carbons (Fsp3) is 0.417. The number of benzene rings is 1. The Morgan fingerprint density at radius 2 is 2.29 bits per heavy atom. The average molecular weight is 273 g/mol. The third kappa shape index (κ3) is 4.88. The summed E-state index contributed by atoms with van der Waals surface area (Å²) < 4.78 is 5.56. The van der Waals surface area contributed by atoms with Crippen molar-refractivity contribution in [2.75, 3.05) is 18.1 Å². The molecule has 0 aliphatic rings. The van der Waals surface area contributed by atoms with E-state index >= 15 is 0 Å². The maximum Gasteiger partial charge on any atom is 0.124 e. The molecule has 0 bridgehead atoms. The van der Waals surface area contributed by atoms with Crippen LogP contribution in [0, 0.1) is 5.41 Å². The first-order valence-electron chi connectivity index (χ1n) is 5.49. The summed E-state index contributed by atoms with van der Waals surface area (Å²) in [4.78, 5) is 0. The number of hydrogen-bond acceptors (Lipinski definition) is 3. The van der Waals surface area contributed by atoms with Crippen molar-refractivity contribution >= 4 is 29.2 Å². The van der Waals surface area contributed by atoms with Gasteiger partial charge in [0, 0.05) is 5.56 Å². The molecule has 17 heavy (non-hydrogen) atoms. The zero-order valence-electron chi connectivity index (χ0n) is 9.83. The van der Waals surface area contributed by atoms with Crippen LogP contribution < -0.4 is 10.5 Å². The van der Waals surface area contributed by atoms with Gasteiger partial charge in [-0.2, -0.15) is 11.8 Å². The van der Waals surface area contributed by atoms with Gasteiger partial charge in [0.15, 0.2) is 0 Å². The largest absolute Gasteiger partial charge is 0.494 e. The van der Waals surface area contributed by atoms with E-state index < -0.39 is 0 Å². The number of nitrogens with two attached hydrogens (primary N) is 1. The molecule has 0 heterocycles. The number of hydrogen-bond donors (Lipinski definition) is 2. The third-order valence-corrected chi connectivity index (χ3v) is 3.43. The lowest BCUT2D eigenvalue weighted by Crippen LogP contribution is -2.11. The van der Waals surface area contributed by atoms with E-state index in [0.29, 0.717) is 17.2 Å². The zero-order valence-corrected chi connectivity index (χ0v) is 11.4. The molecule has 0 saturated heterocycles. The van der Waals surface area contributed by atoms with Crippen molar-refractivity contribution in [2.24, 2.45) is 5.73 Å². The number of nitrogen functional groups attached to an aromatic ring is 1. The topological polar surface area (TPSA) is 59.1 Å². The minimum Gasteiger partial charge on any atom is -0.494 e. The monoisotopic (exact) mass is 272 g/mol. The maximum absolute atomic E-state index is 7.31. The summed E-state index contributed by atoms with van der Waals surface area (Å²) in [6.45, 7) is 2.83. The second-order valence-corrected chi connectivity index (χ2v) is 5.26. The summed E-state index contributed by atoms with van der Waals surface area (Å²) in [5, 5.41) is 7.77. The Labute approximate surface area is 111 Å². The Morgan fingerprint density at radius 1 is 1.53 bits per heavy atom. The number of ether oxygens (including phenoxy) is 1. The Balaban J connectivity index is 2.45. The third-order valence-electron chi connectivity index (χ3n) is 2.14. The van der Waals surface area contributed by atoms with Crippen molar-refractivity contribution in [1.82, 2.24) is 0 Å². The molecule has 0 amide bonds. The molecule has 0 atom stereocenters. The Bertz CT molecular complexity index is 385. The summed E-state index contributed by atoms with van der Waals surface area (Å²) in [5.74, 6) is 2.94. The van der Waals surface area contributed by atoms with Crippen molar-refractivity contribution in [1.29, 1.82) is 5.41 Å². The normalized spacial score (nSPS) is 10.2. The van der Waals surface area contributed by atoms with Crippen LogP contribution in [0.3, 0.4) is 0 Å². The van der Waals surface area contributed by atoms with Crippen molar-refractivity contribution < 1.29 is 4.74 Å². The highest BCUT2D eigenvalue weighted by Gasteiger charge is 2.04. The van der Waals surface area contributed by atoms with Gasteiger partial charge in [0.25, 0.3) is 0 Å². The van der Waals surface area contributed by atoms with E-state index in [0.717, 1.165) is 23.7 Å². The van der Waals surface area contributed by atoms with Crippen molar-refractivity contribution in [3.05, 3.63) is 28.8 Å². The van der Waals surface area contributed by atoms with E-state index in [4.69, 9.17) is 27.5 Å². The number of rotatable bonds is 7. The first-order valence-corrected chi connectivity index (χ1v) is 7.03. The minimum absolute atomic E-state index is 0.0269. The second kappa shape index (κ2) is 7.45. The smallest absolute Gasteiger partial charge is 0.124 e. The molecular formula is C12H17ClN2OS. The molecular weight excluding hydrogens is 256 g/mol. The Hall–Kier alpha value is -0.870. The van der Waals surface area contributed by atoms with E-state index in [1.807, 2.05) is 11.8 Å². The van der Waals surface area contributed by atoms with Crippen LogP contribution >= 0.6 is 23.4 Å². The number of nitrogens with one attached hydrogen (secondary N) is 1. The molecule has 3 N–H and O–H groups in total. The van der Waals surface area contributed by atoms with Crippen LogP contribution in [0.1, 0.15) is 18.9 Å². The van der Waals surface area contributed by atoms with Crippen LogP contribution in [0.25, 0.3) is 0 Å². The zero-order chi connectivity index (χ0) is 12.7. The quantitative estimate of drug-likeness (QED) is 0.455. The summed E-state index contributed by atoms with van der Waals surface area (Å²) in [6, 6.07) is 5.20. The molecule has 0 aliphatic heterocycles. The number of amidine groups is 1. The van der Waals surface area contributed by atoms with Gasteiger partial charge in [0.2, 0.25) is 0 Å². The molecule has 0 fully saturated rings. The van der Waals surface area contributed by atoms with E-state index in [1.54, 1.807) is 18.2 Å². The first-order chi connectivity index (χ1) is 8.15. The van der Waals surface area contributed by atoms with Gasteiger partial charge < -0.3 is 10.5 Å². The molecule has 94 valence electrons. The highest BCUT2D eigenvalue weighted by Crippen LogP contribution is 2.22. The first kappa shape index (κ1) is 14.2. The van der Waals surface area contributed by atoms with Crippen LogP contribution in [0.2, 0.25) is 5.02 Å². The van der Waals surface area contributed by atoms with Crippen molar-refractivity contribution in [3.8, 4) is 5.75 Å². The van der Waals surface area contributed by atoms with E-state index in [1.165, 1.54) is 0 Å². The number of halogens is 1. The van der Waals surface area contributed by atoms with E-state index in [9.17, 15) is 0 Å². The van der Waals surface area contributed by atoms with Crippen LogP contribution in [-0.2, 0) is 0 Å². The van der Waals surface area contributed by atoms with Gasteiger partial charge in [-0.05, 0) is 36.1 Å². The van der Waals surface area contributed by atoms with Gasteiger partial charge in [-0.1, -0.05) is 18.5 Å². The van der Waals surface area contributed by atoms with Gasteiger partial charge >= 0.3 is 0 Å². The summed E-state index contributed by atoms with van der Waals surface area (Å²) >= 11 is 7.88. The molecule has 5 heteroatoms. The SMILES string of the molecule is CCSCCCOc1ccc(C(=N)N)c(Cl)c1. The molecule has 1 aromatic carbocycles. The lowest BCUT2D eigenvalue weighted by atomic mass is 10.2. The van der Waals surface area contributed by atoms with Crippen molar-refractivity contribution in [3.63, 3.8) is 0 Å². The summed E-state index contributed by atoms with van der Waals surface area (Å²) in [7, 11) is 0. The van der Waals surface area contributed by atoms with Gasteiger partial charge in [0.1, 0.15) is 11.6 Å². The fourth-order valence-corrected chi connectivity index (χ4v) is 2.18. The molecule has 0 radical (unpaired) electrons. The van der Waals surface area contributed by atoms with Gasteiger partial charge in [-0.3, -0.25) is 5.41 Å². The van der Waals surface area contributed by atoms with Crippen LogP contribution in [0.15, 0.2) is 18.2 Å². The van der Waals surface area contributed by atoms with Crippen LogP contribution in [0.5, 0.6) is 5.75 Å². The predicted molar refractivity (Wildman–Crippen MR) is 75.6 cm³/mol. The van der Waals surface area contributed by atoms with Gasteiger partial charge in [-0.15, -0.1) is 0 Å². The molecule has 0 saturated carbocycles. The molecule has 0 aromatic heterocycles. The Morgan fingerprint density at radius 3 is 2.88 bits per heavy atom. The summed E-state index contributed by atoms with van der Waals surface area (Å²) in [6.07, 6.45) is 1.02. The Kier molecular flexibility index (Phi) is 6.22. The molecule has 3 nitrogen and oxygen atoms in total. The molecule has 1 aromatic rings. The lowest BCUT2D eigenvalue weighted by molar-refractivity contribution is 0.319. The number of thioether (sulfide) groups is 1. The highest BCUT2D eigenvalue weighted by atomic mass is 35.5. The average Bonchev–Trinajstić information content (AvgIpc) is 2.28. The van der Waals surface area contributed by atoms with Gasteiger partial charge in [-0.25, -0.2) is 0 Å². The standard InChI is InChI=1S/C12H17ClN2OS/c1-2-17-7-3-6-16-9-4-5-10(12(14)15)11(13)8-9/h4-5,8H,2-3,6-7H2,1H3,(H3,14,15). The van der Waals surface area contributed by atoms with Gasteiger partial charge in [0.05, 0.1) is 11.6 Å². The van der Waals surface area contributed by atoms with E-state index in [-0.39, 0.29) is 5.84 Å². The van der Waals surface area contributed by atoms with Crippen LogP contribution in [0.4, 0.5) is 0 Å². The molecule has 0 unspecified atom stereocenters. The highest BCUT2D eigenvalue weighted by molar-refractivity contribution is 7.99. The molecule has 0 aliphatic carbocycles. The van der Waals surface area contributed by atoms with E-state index in [2.05, 4.69) is 6.92 Å². The maximum atomic E-state index is 7.31. The van der Waals surface area contributed by atoms with Crippen molar-refractivity contribution in [2.45, 2.75) is 13.3 Å². The van der Waals surface area contributed by atoms with Crippen LogP contribution in [-0.4, -0.2) is 23.9 Å².